The van der Waals surface area contributed by atoms with Crippen molar-refractivity contribution in [3.05, 3.63) is 69.0 Å². The summed E-state index contributed by atoms with van der Waals surface area (Å²) in [6, 6.07) is 10.3. The van der Waals surface area contributed by atoms with Crippen molar-refractivity contribution < 1.29 is 23.8 Å². The van der Waals surface area contributed by atoms with Gasteiger partial charge in [0.1, 0.15) is 18.1 Å². The third-order valence-corrected chi connectivity index (χ3v) is 6.28. The fraction of sp³-hybridized carbons (Fsp3) is 0.370. The lowest BCUT2D eigenvalue weighted by molar-refractivity contribution is -0.142. The van der Waals surface area contributed by atoms with Gasteiger partial charge in [0.2, 0.25) is 5.89 Å². The van der Waals surface area contributed by atoms with Crippen molar-refractivity contribution in [2.75, 3.05) is 6.61 Å². The third-order valence-electron chi connectivity index (χ3n) is 5.73. The van der Waals surface area contributed by atoms with Gasteiger partial charge in [-0.1, -0.05) is 44.0 Å². The Kier molecular flexibility index (Phi) is 8.62. The zero-order chi connectivity index (χ0) is 25.9. The van der Waals surface area contributed by atoms with Crippen LogP contribution in [0, 0.1) is 18.8 Å². The monoisotopic (exact) mass is 517 g/mol. The minimum Gasteiger partial charge on any atom is -0.492 e. The van der Waals surface area contributed by atoms with Crippen molar-refractivity contribution in [3.8, 4) is 17.2 Å². The number of aliphatic carboxylic acids is 1. The lowest BCUT2D eigenvalue weighted by Crippen LogP contribution is -2.18. The minimum atomic E-state index is -0.918. The molecule has 3 aromatic rings. The van der Waals surface area contributed by atoms with Crippen LogP contribution in [0.25, 0.3) is 11.5 Å². The predicted molar refractivity (Wildman–Crippen MR) is 137 cm³/mol. The van der Waals surface area contributed by atoms with E-state index in [1.807, 2.05) is 27.7 Å². The largest absolute Gasteiger partial charge is 0.492 e. The molecule has 1 heterocycles. The molecule has 8 heteroatoms. The van der Waals surface area contributed by atoms with Crippen molar-refractivity contribution in [1.29, 1.82) is 0 Å². The molecule has 1 aromatic heterocycles. The molecule has 2 aromatic carbocycles. The summed E-state index contributed by atoms with van der Waals surface area (Å²) < 4.78 is 11.7. The molecule has 0 radical (unpaired) electrons. The average molecular weight is 518 g/mol. The molecule has 0 bridgehead atoms. The van der Waals surface area contributed by atoms with Gasteiger partial charge in [-0.3, -0.25) is 9.59 Å². The molecule has 2 unspecified atom stereocenters. The van der Waals surface area contributed by atoms with Gasteiger partial charge in [0.25, 0.3) is 0 Å². The number of halogens is 2. The SMILES string of the molecule is Cc1cc(C(=O)C(C)Cc2nc(-c3ccc(Cl)cc3Cl)oc2C(C)C)ccc1OCC(C)C(=O)O. The van der Waals surface area contributed by atoms with E-state index in [-0.39, 0.29) is 24.2 Å². The zero-order valence-corrected chi connectivity index (χ0v) is 21.9. The molecule has 2 atom stereocenters. The first-order chi connectivity index (χ1) is 16.5. The molecule has 0 aliphatic carbocycles. The van der Waals surface area contributed by atoms with Crippen LogP contribution in [0.15, 0.2) is 40.8 Å². The highest BCUT2D eigenvalue weighted by Crippen LogP contribution is 2.34. The standard InChI is InChI=1S/C27H29Cl2NO5/c1-14(2)25-22(30-26(35-25)20-8-7-19(28)12-21(20)29)11-16(4)24(31)18-6-9-23(15(3)10-18)34-13-17(5)27(32)33/h6-10,12,14,16-17H,11,13H2,1-5H3,(H,32,33). The lowest BCUT2D eigenvalue weighted by Gasteiger charge is -2.14. The van der Waals surface area contributed by atoms with Crippen molar-refractivity contribution >= 4 is 35.0 Å². The molecule has 0 aliphatic heterocycles. The van der Waals surface area contributed by atoms with E-state index in [1.54, 1.807) is 43.3 Å². The van der Waals surface area contributed by atoms with E-state index in [9.17, 15) is 9.59 Å². The molecule has 0 saturated carbocycles. The van der Waals surface area contributed by atoms with Crippen LogP contribution in [0.2, 0.25) is 10.0 Å². The van der Waals surface area contributed by atoms with Gasteiger partial charge in [0.15, 0.2) is 5.78 Å². The maximum atomic E-state index is 13.2. The summed E-state index contributed by atoms with van der Waals surface area (Å²) >= 11 is 12.4. The summed E-state index contributed by atoms with van der Waals surface area (Å²) in [6.45, 7) is 9.36. The second kappa shape index (κ2) is 11.3. The molecule has 1 N–H and O–H groups in total. The summed E-state index contributed by atoms with van der Waals surface area (Å²) in [5.41, 5.74) is 2.70. The Balaban J connectivity index is 1.78. The second-order valence-corrected chi connectivity index (χ2v) is 9.95. The maximum absolute atomic E-state index is 13.2. The highest BCUT2D eigenvalue weighted by atomic mass is 35.5. The topological polar surface area (TPSA) is 89.6 Å². The molecule has 3 rings (SSSR count). The van der Waals surface area contributed by atoms with E-state index in [1.165, 1.54) is 0 Å². The van der Waals surface area contributed by atoms with E-state index >= 15 is 0 Å². The van der Waals surface area contributed by atoms with Crippen molar-refractivity contribution in [3.63, 3.8) is 0 Å². The number of Topliss-reactive ketones (excluding diaryl/α,β-unsaturated/α-hetero) is 1. The van der Waals surface area contributed by atoms with E-state index in [2.05, 4.69) is 4.98 Å². The number of carboxylic acids is 1. The molecule has 6 nitrogen and oxygen atoms in total. The summed E-state index contributed by atoms with van der Waals surface area (Å²) in [7, 11) is 0. The molecule has 186 valence electrons. The van der Waals surface area contributed by atoms with Gasteiger partial charge in [-0.05, 0) is 55.8 Å². The van der Waals surface area contributed by atoms with E-state index in [0.717, 1.165) is 17.0 Å². The van der Waals surface area contributed by atoms with Gasteiger partial charge >= 0.3 is 5.97 Å². The number of hydrogen-bond acceptors (Lipinski definition) is 5. The van der Waals surface area contributed by atoms with Gasteiger partial charge in [-0.2, -0.15) is 0 Å². The second-order valence-electron chi connectivity index (χ2n) is 9.11. The van der Waals surface area contributed by atoms with Gasteiger partial charge in [0.05, 0.1) is 22.2 Å². The number of nitrogens with zero attached hydrogens (tertiary/aromatic N) is 1. The zero-order valence-electron chi connectivity index (χ0n) is 20.4. The number of aryl methyl sites for hydroxylation is 1. The number of hydrogen-bond donors (Lipinski definition) is 1. The third kappa shape index (κ3) is 6.44. The highest BCUT2D eigenvalue weighted by molar-refractivity contribution is 6.36. The molecule has 0 amide bonds. The Morgan fingerprint density at radius 1 is 1.06 bits per heavy atom. The molecule has 0 aliphatic rings. The van der Waals surface area contributed by atoms with Crippen molar-refractivity contribution in [2.24, 2.45) is 11.8 Å². The number of benzene rings is 2. The van der Waals surface area contributed by atoms with E-state index < -0.39 is 11.9 Å². The summed E-state index contributed by atoms with van der Waals surface area (Å²) in [5.74, 6) is -0.154. The van der Waals surface area contributed by atoms with Crippen LogP contribution in [0.5, 0.6) is 5.75 Å². The number of rotatable bonds is 10. The molecule has 35 heavy (non-hydrogen) atoms. The Morgan fingerprint density at radius 3 is 2.37 bits per heavy atom. The van der Waals surface area contributed by atoms with Crippen LogP contribution < -0.4 is 4.74 Å². The van der Waals surface area contributed by atoms with Crippen LogP contribution in [0.4, 0.5) is 0 Å². The normalized spacial score (nSPS) is 13.0. The molecule has 0 spiro atoms. The van der Waals surface area contributed by atoms with Gasteiger partial charge in [-0.15, -0.1) is 0 Å². The first-order valence-corrected chi connectivity index (χ1v) is 12.2. The summed E-state index contributed by atoms with van der Waals surface area (Å²) in [6.07, 6.45) is 0.411. The molecule has 0 saturated heterocycles. The quantitative estimate of drug-likeness (QED) is 0.285. The molecular formula is C27H29Cl2NO5. The number of aromatic nitrogens is 1. The van der Waals surface area contributed by atoms with Crippen LogP contribution in [0.1, 0.15) is 61.0 Å². The lowest BCUT2D eigenvalue weighted by atomic mass is 9.92. The maximum Gasteiger partial charge on any atom is 0.309 e. The Morgan fingerprint density at radius 2 is 1.77 bits per heavy atom. The number of carbonyl (C=O) groups is 2. The molecule has 0 fully saturated rings. The number of ketones is 1. The number of carbonyl (C=O) groups excluding carboxylic acids is 1. The highest BCUT2D eigenvalue weighted by Gasteiger charge is 2.24. The Labute approximate surface area is 215 Å². The fourth-order valence-electron chi connectivity index (χ4n) is 3.66. The first kappa shape index (κ1) is 26.8. The van der Waals surface area contributed by atoms with E-state index in [4.69, 9.17) is 37.5 Å². The van der Waals surface area contributed by atoms with Gasteiger partial charge in [-0.25, -0.2) is 4.98 Å². The summed E-state index contributed by atoms with van der Waals surface area (Å²) in [4.78, 5) is 28.9. The Bertz CT molecular complexity index is 1230. The smallest absolute Gasteiger partial charge is 0.309 e. The average Bonchev–Trinajstić information content (AvgIpc) is 3.20. The number of oxazole rings is 1. The van der Waals surface area contributed by atoms with E-state index in [0.29, 0.717) is 39.2 Å². The van der Waals surface area contributed by atoms with Crippen LogP contribution >= 0.6 is 23.2 Å². The minimum absolute atomic E-state index is 0.0256. The van der Waals surface area contributed by atoms with Crippen molar-refractivity contribution in [1.82, 2.24) is 4.98 Å². The van der Waals surface area contributed by atoms with Crippen LogP contribution in [-0.4, -0.2) is 28.4 Å². The van der Waals surface area contributed by atoms with Crippen LogP contribution in [-0.2, 0) is 11.2 Å². The van der Waals surface area contributed by atoms with Gasteiger partial charge in [0, 0.05) is 28.8 Å². The predicted octanol–water partition coefficient (Wildman–Crippen LogP) is 7.24. The van der Waals surface area contributed by atoms with Gasteiger partial charge < -0.3 is 14.3 Å². The van der Waals surface area contributed by atoms with Crippen LogP contribution in [0.3, 0.4) is 0 Å². The fourth-order valence-corrected chi connectivity index (χ4v) is 4.15. The number of ether oxygens (including phenoxy) is 1. The summed E-state index contributed by atoms with van der Waals surface area (Å²) in [5, 5.41) is 9.99. The first-order valence-electron chi connectivity index (χ1n) is 11.4. The molecular weight excluding hydrogens is 489 g/mol. The van der Waals surface area contributed by atoms with Crippen molar-refractivity contribution in [2.45, 2.75) is 47.0 Å². The Hall–Kier alpha value is -2.83. The number of carboxylic acid groups (broad SMARTS) is 1.